The molecule has 0 atom stereocenters. The lowest BCUT2D eigenvalue weighted by Gasteiger charge is -2.09. The van der Waals surface area contributed by atoms with Crippen LogP contribution in [0.25, 0.3) is 32.7 Å². The standard InChI is InChI=1S/C18H15BrN2O/c1-3-22-18-12-9-8-11(19)10-14(12)16-13-6-4-5-7-15(13)21(2)17(16)20-18/h4-10H,3H2,1-2H3. The highest BCUT2D eigenvalue weighted by Gasteiger charge is 2.16. The smallest absolute Gasteiger partial charge is 0.223 e. The summed E-state index contributed by atoms with van der Waals surface area (Å²) in [5.74, 6) is 0.698. The van der Waals surface area contributed by atoms with Crippen LogP contribution in [0.2, 0.25) is 0 Å². The monoisotopic (exact) mass is 354 g/mol. The highest BCUT2D eigenvalue weighted by molar-refractivity contribution is 9.10. The van der Waals surface area contributed by atoms with Crippen LogP contribution in [-0.4, -0.2) is 16.2 Å². The maximum Gasteiger partial charge on any atom is 0.223 e. The summed E-state index contributed by atoms with van der Waals surface area (Å²) in [6.45, 7) is 2.59. The Morgan fingerprint density at radius 3 is 2.73 bits per heavy atom. The van der Waals surface area contributed by atoms with E-state index in [4.69, 9.17) is 9.72 Å². The van der Waals surface area contributed by atoms with Crippen molar-refractivity contribution in [2.45, 2.75) is 6.92 Å². The van der Waals surface area contributed by atoms with Gasteiger partial charge in [-0.05, 0) is 36.6 Å². The van der Waals surface area contributed by atoms with Crippen LogP contribution in [0.15, 0.2) is 46.9 Å². The van der Waals surface area contributed by atoms with Gasteiger partial charge in [0, 0.05) is 27.7 Å². The molecule has 0 N–H and O–H groups in total. The van der Waals surface area contributed by atoms with E-state index in [9.17, 15) is 0 Å². The van der Waals surface area contributed by atoms with Gasteiger partial charge in [-0.3, -0.25) is 0 Å². The van der Waals surface area contributed by atoms with Gasteiger partial charge in [-0.25, -0.2) is 0 Å². The van der Waals surface area contributed by atoms with Crippen molar-refractivity contribution < 1.29 is 4.74 Å². The summed E-state index contributed by atoms with van der Waals surface area (Å²) in [6.07, 6.45) is 0. The first-order chi connectivity index (χ1) is 10.7. The predicted octanol–water partition coefficient (Wildman–Crippen LogP) is 5.04. The van der Waals surface area contributed by atoms with Crippen molar-refractivity contribution in [2.24, 2.45) is 7.05 Å². The van der Waals surface area contributed by atoms with E-state index < -0.39 is 0 Å². The van der Waals surface area contributed by atoms with Gasteiger partial charge in [-0.15, -0.1) is 0 Å². The molecule has 0 aliphatic carbocycles. The third-order valence-corrected chi connectivity index (χ3v) is 4.54. The molecule has 0 aliphatic rings. The van der Waals surface area contributed by atoms with Crippen molar-refractivity contribution >= 4 is 48.6 Å². The summed E-state index contributed by atoms with van der Waals surface area (Å²) in [7, 11) is 2.05. The van der Waals surface area contributed by atoms with Gasteiger partial charge in [0.2, 0.25) is 5.88 Å². The van der Waals surface area contributed by atoms with Crippen molar-refractivity contribution in [3.05, 3.63) is 46.9 Å². The molecule has 4 heteroatoms. The SMILES string of the molecule is CCOc1nc2c(c3cc(Br)ccc13)c1ccccc1n2C. The summed E-state index contributed by atoms with van der Waals surface area (Å²) in [5, 5.41) is 4.62. The molecular weight excluding hydrogens is 340 g/mol. The predicted molar refractivity (Wildman–Crippen MR) is 94.6 cm³/mol. The van der Waals surface area contributed by atoms with Crippen LogP contribution in [0.4, 0.5) is 0 Å². The van der Waals surface area contributed by atoms with Crippen molar-refractivity contribution in [3.63, 3.8) is 0 Å². The molecule has 3 nitrogen and oxygen atoms in total. The molecule has 0 radical (unpaired) electrons. The molecule has 4 aromatic rings. The van der Waals surface area contributed by atoms with Crippen LogP contribution >= 0.6 is 15.9 Å². The second-order valence-electron chi connectivity index (χ2n) is 5.31. The van der Waals surface area contributed by atoms with Gasteiger partial charge in [0.15, 0.2) is 0 Å². The van der Waals surface area contributed by atoms with Crippen LogP contribution in [-0.2, 0) is 7.05 Å². The van der Waals surface area contributed by atoms with E-state index in [2.05, 4.69) is 63.9 Å². The lowest BCUT2D eigenvalue weighted by Crippen LogP contribution is -1.98. The van der Waals surface area contributed by atoms with Gasteiger partial charge in [0.25, 0.3) is 0 Å². The van der Waals surface area contributed by atoms with E-state index in [0.29, 0.717) is 12.5 Å². The number of pyridine rings is 1. The number of ether oxygens (including phenoxy) is 1. The summed E-state index contributed by atoms with van der Waals surface area (Å²) in [4.78, 5) is 4.78. The Morgan fingerprint density at radius 1 is 1.09 bits per heavy atom. The van der Waals surface area contributed by atoms with Gasteiger partial charge in [0.05, 0.1) is 12.1 Å². The summed E-state index contributed by atoms with van der Waals surface area (Å²) in [6, 6.07) is 14.7. The fourth-order valence-corrected chi connectivity index (χ4v) is 3.45. The number of halogens is 1. The van der Waals surface area contributed by atoms with E-state index >= 15 is 0 Å². The third kappa shape index (κ3) is 1.83. The van der Waals surface area contributed by atoms with Crippen molar-refractivity contribution in [3.8, 4) is 5.88 Å². The van der Waals surface area contributed by atoms with E-state index in [-0.39, 0.29) is 0 Å². The van der Waals surface area contributed by atoms with Crippen LogP contribution < -0.4 is 4.74 Å². The highest BCUT2D eigenvalue weighted by atomic mass is 79.9. The number of hydrogen-bond donors (Lipinski definition) is 0. The largest absolute Gasteiger partial charge is 0.477 e. The second-order valence-corrected chi connectivity index (χ2v) is 6.23. The van der Waals surface area contributed by atoms with Gasteiger partial charge in [-0.2, -0.15) is 4.98 Å². The average molecular weight is 355 g/mol. The Morgan fingerprint density at radius 2 is 1.91 bits per heavy atom. The van der Waals surface area contributed by atoms with E-state index in [0.717, 1.165) is 15.5 Å². The molecule has 2 aromatic carbocycles. The molecule has 4 rings (SSSR count). The molecular formula is C18H15BrN2O. The first kappa shape index (κ1) is 13.6. The Balaban J connectivity index is 2.30. The van der Waals surface area contributed by atoms with Crippen LogP contribution in [0.5, 0.6) is 5.88 Å². The molecule has 0 unspecified atom stereocenters. The van der Waals surface area contributed by atoms with E-state index in [1.807, 2.05) is 13.0 Å². The number of fused-ring (bicyclic) bond motifs is 5. The summed E-state index contributed by atoms with van der Waals surface area (Å²) >= 11 is 3.58. The fraction of sp³-hybridized carbons (Fsp3) is 0.167. The number of benzene rings is 2. The maximum atomic E-state index is 5.78. The lowest BCUT2D eigenvalue weighted by atomic mass is 10.1. The second kappa shape index (κ2) is 4.99. The molecule has 22 heavy (non-hydrogen) atoms. The Labute approximate surface area is 136 Å². The number of para-hydroxylation sites is 1. The minimum Gasteiger partial charge on any atom is -0.477 e. The average Bonchev–Trinajstić information content (AvgIpc) is 2.81. The molecule has 0 saturated carbocycles. The topological polar surface area (TPSA) is 27.1 Å². The Kier molecular flexibility index (Phi) is 3.08. The zero-order chi connectivity index (χ0) is 15.3. The van der Waals surface area contributed by atoms with Gasteiger partial charge >= 0.3 is 0 Å². The quantitative estimate of drug-likeness (QED) is 0.504. The third-order valence-electron chi connectivity index (χ3n) is 4.05. The lowest BCUT2D eigenvalue weighted by molar-refractivity contribution is 0.332. The number of rotatable bonds is 2. The van der Waals surface area contributed by atoms with Crippen LogP contribution in [0.1, 0.15) is 6.92 Å². The molecule has 0 saturated heterocycles. The molecule has 0 amide bonds. The summed E-state index contributed by atoms with van der Waals surface area (Å²) in [5.41, 5.74) is 2.13. The molecule has 0 spiro atoms. The van der Waals surface area contributed by atoms with Gasteiger partial charge in [0.1, 0.15) is 5.65 Å². The Hall–Kier alpha value is -2.07. The number of aryl methyl sites for hydroxylation is 1. The zero-order valence-corrected chi connectivity index (χ0v) is 14.0. The van der Waals surface area contributed by atoms with Crippen molar-refractivity contribution in [1.29, 1.82) is 0 Å². The fourth-order valence-electron chi connectivity index (χ4n) is 3.09. The zero-order valence-electron chi connectivity index (χ0n) is 12.4. The highest BCUT2D eigenvalue weighted by Crippen LogP contribution is 2.37. The van der Waals surface area contributed by atoms with Crippen LogP contribution in [0.3, 0.4) is 0 Å². The first-order valence-corrected chi connectivity index (χ1v) is 8.09. The Bertz CT molecular complexity index is 1020. The summed E-state index contributed by atoms with van der Waals surface area (Å²) < 4.78 is 8.97. The van der Waals surface area contributed by atoms with Crippen molar-refractivity contribution in [1.82, 2.24) is 9.55 Å². The molecule has 2 heterocycles. The molecule has 0 aliphatic heterocycles. The number of aromatic nitrogens is 2. The molecule has 0 bridgehead atoms. The maximum absolute atomic E-state index is 5.78. The minimum atomic E-state index is 0.605. The van der Waals surface area contributed by atoms with Crippen LogP contribution in [0, 0.1) is 0 Å². The van der Waals surface area contributed by atoms with Gasteiger partial charge in [-0.1, -0.05) is 34.1 Å². The van der Waals surface area contributed by atoms with Crippen molar-refractivity contribution in [2.75, 3.05) is 6.61 Å². The van der Waals surface area contributed by atoms with Gasteiger partial charge < -0.3 is 9.30 Å². The molecule has 0 fully saturated rings. The van der Waals surface area contributed by atoms with E-state index in [1.54, 1.807) is 0 Å². The number of nitrogens with zero attached hydrogens (tertiary/aromatic N) is 2. The minimum absolute atomic E-state index is 0.605. The van der Waals surface area contributed by atoms with E-state index in [1.165, 1.54) is 21.7 Å². The first-order valence-electron chi connectivity index (χ1n) is 7.30. The molecule has 110 valence electrons. The normalized spacial score (nSPS) is 11.6. The number of hydrogen-bond acceptors (Lipinski definition) is 2. The molecule has 2 aromatic heterocycles.